The predicted molar refractivity (Wildman–Crippen MR) is 66.1 cm³/mol. The second-order valence-electron chi connectivity index (χ2n) is 4.17. The molecule has 2 nitrogen and oxygen atoms in total. The molecule has 0 bridgehead atoms. The van der Waals surface area contributed by atoms with Crippen molar-refractivity contribution in [3.05, 3.63) is 30.1 Å². The third kappa shape index (κ3) is 3.58. The molecule has 82 valence electrons. The van der Waals surface area contributed by atoms with Crippen molar-refractivity contribution in [3.8, 4) is 0 Å². The Morgan fingerprint density at radius 2 is 2.33 bits per heavy atom. The lowest BCUT2D eigenvalue weighted by Crippen LogP contribution is -2.24. The Morgan fingerprint density at radius 3 is 3.13 bits per heavy atom. The zero-order valence-corrected chi connectivity index (χ0v) is 10.5. The van der Waals surface area contributed by atoms with E-state index in [0.29, 0.717) is 0 Å². The van der Waals surface area contributed by atoms with Crippen LogP contribution in [0.4, 0.5) is 0 Å². The van der Waals surface area contributed by atoms with Gasteiger partial charge in [0.15, 0.2) is 0 Å². The molecule has 2 rings (SSSR count). The van der Waals surface area contributed by atoms with Crippen LogP contribution in [0.5, 0.6) is 0 Å². The molecule has 15 heavy (non-hydrogen) atoms. The Balaban J connectivity index is 1.89. The number of aromatic nitrogens is 1. The summed E-state index contributed by atoms with van der Waals surface area (Å²) < 4.78 is 0. The Kier molecular flexibility index (Phi) is 4.15. The van der Waals surface area contributed by atoms with Gasteiger partial charge in [0.2, 0.25) is 0 Å². The summed E-state index contributed by atoms with van der Waals surface area (Å²) in [5.41, 5.74) is 1.32. The fourth-order valence-corrected chi connectivity index (χ4v) is 2.55. The summed E-state index contributed by atoms with van der Waals surface area (Å²) in [5, 5.41) is 0. The Bertz CT molecular complexity index is 289. The maximum Gasteiger partial charge on any atom is 0.0312 e. The van der Waals surface area contributed by atoms with Crippen molar-refractivity contribution >= 4 is 15.9 Å². The summed E-state index contributed by atoms with van der Waals surface area (Å²) in [6, 6.07) is 4.17. The highest BCUT2D eigenvalue weighted by Gasteiger charge is 2.14. The summed E-state index contributed by atoms with van der Waals surface area (Å²) in [5.74, 6) is 0. The number of pyridine rings is 1. The molecule has 0 amide bonds. The molecule has 1 fully saturated rings. The molecule has 0 saturated carbocycles. The average Bonchev–Trinajstić information content (AvgIpc) is 2.46. The van der Waals surface area contributed by atoms with Crippen LogP contribution in [0.1, 0.15) is 24.8 Å². The van der Waals surface area contributed by atoms with Gasteiger partial charge in [0.1, 0.15) is 0 Å². The number of nitrogens with zero attached hydrogens (tertiary/aromatic N) is 2. The monoisotopic (exact) mass is 268 g/mol. The number of rotatable bonds is 2. The maximum absolute atomic E-state index is 4.15. The van der Waals surface area contributed by atoms with Crippen molar-refractivity contribution in [1.82, 2.24) is 9.88 Å². The van der Waals surface area contributed by atoms with Gasteiger partial charge < -0.3 is 0 Å². The highest BCUT2D eigenvalue weighted by atomic mass is 79.9. The smallest absolute Gasteiger partial charge is 0.0312 e. The summed E-state index contributed by atoms with van der Waals surface area (Å²) >= 11 is 3.71. The highest BCUT2D eigenvalue weighted by molar-refractivity contribution is 9.09. The molecular weight excluding hydrogens is 252 g/mol. The van der Waals surface area contributed by atoms with Gasteiger partial charge in [0.05, 0.1) is 0 Å². The van der Waals surface area contributed by atoms with Gasteiger partial charge in [0.25, 0.3) is 0 Å². The lowest BCUT2D eigenvalue weighted by atomic mass is 10.2. The Hall–Kier alpha value is -0.410. The largest absolute Gasteiger partial charge is 0.299 e. The number of alkyl halides is 1. The Morgan fingerprint density at radius 1 is 1.40 bits per heavy atom. The van der Waals surface area contributed by atoms with Crippen LogP contribution in [0.3, 0.4) is 0 Å². The summed E-state index contributed by atoms with van der Waals surface area (Å²) in [7, 11) is 0. The number of hydrogen-bond donors (Lipinski definition) is 0. The van der Waals surface area contributed by atoms with Gasteiger partial charge in [-0.05, 0) is 44.0 Å². The second kappa shape index (κ2) is 5.61. The third-order valence-corrected chi connectivity index (χ3v) is 3.79. The SMILES string of the molecule is BrC1CCCN(Cc2cccnc2)CC1. The third-order valence-electron chi connectivity index (χ3n) is 2.88. The van der Waals surface area contributed by atoms with E-state index in [9.17, 15) is 0 Å². The van der Waals surface area contributed by atoms with Crippen molar-refractivity contribution in [3.63, 3.8) is 0 Å². The van der Waals surface area contributed by atoms with E-state index in [1.54, 1.807) is 0 Å². The number of halogens is 1. The van der Waals surface area contributed by atoms with E-state index in [0.717, 1.165) is 11.4 Å². The van der Waals surface area contributed by atoms with Crippen LogP contribution in [0.15, 0.2) is 24.5 Å². The van der Waals surface area contributed by atoms with Crippen LogP contribution in [-0.2, 0) is 6.54 Å². The van der Waals surface area contributed by atoms with Crippen molar-refractivity contribution in [1.29, 1.82) is 0 Å². The van der Waals surface area contributed by atoms with Crippen molar-refractivity contribution < 1.29 is 0 Å². The quantitative estimate of drug-likeness (QED) is 0.767. The van der Waals surface area contributed by atoms with Crippen LogP contribution in [0, 0.1) is 0 Å². The van der Waals surface area contributed by atoms with E-state index in [-0.39, 0.29) is 0 Å². The van der Waals surface area contributed by atoms with Gasteiger partial charge >= 0.3 is 0 Å². The topological polar surface area (TPSA) is 16.1 Å². The molecule has 1 aliphatic heterocycles. The van der Waals surface area contributed by atoms with Crippen LogP contribution >= 0.6 is 15.9 Å². The zero-order chi connectivity index (χ0) is 10.5. The lowest BCUT2D eigenvalue weighted by Gasteiger charge is -2.19. The molecule has 1 unspecified atom stereocenters. The molecule has 0 spiro atoms. The lowest BCUT2D eigenvalue weighted by molar-refractivity contribution is 0.277. The van der Waals surface area contributed by atoms with Gasteiger partial charge in [-0.2, -0.15) is 0 Å². The molecule has 1 aromatic rings. The molecule has 0 N–H and O–H groups in total. The predicted octanol–water partition coefficient (Wildman–Crippen LogP) is 2.83. The van der Waals surface area contributed by atoms with E-state index < -0.39 is 0 Å². The van der Waals surface area contributed by atoms with Crippen LogP contribution in [-0.4, -0.2) is 27.8 Å². The van der Waals surface area contributed by atoms with Crippen LogP contribution in [0.2, 0.25) is 0 Å². The van der Waals surface area contributed by atoms with E-state index in [2.05, 4.69) is 31.9 Å². The van der Waals surface area contributed by atoms with Gasteiger partial charge in [-0.15, -0.1) is 0 Å². The second-order valence-corrected chi connectivity index (χ2v) is 5.46. The van der Waals surface area contributed by atoms with E-state index in [4.69, 9.17) is 0 Å². The first-order chi connectivity index (χ1) is 7.34. The van der Waals surface area contributed by atoms with Gasteiger partial charge in [-0.25, -0.2) is 0 Å². The number of likely N-dealkylation sites (tertiary alicyclic amines) is 1. The highest BCUT2D eigenvalue weighted by Crippen LogP contribution is 2.18. The van der Waals surface area contributed by atoms with Crippen molar-refractivity contribution in [2.45, 2.75) is 30.6 Å². The molecule has 0 aromatic carbocycles. The van der Waals surface area contributed by atoms with Crippen molar-refractivity contribution in [2.24, 2.45) is 0 Å². The molecule has 1 aromatic heterocycles. The average molecular weight is 269 g/mol. The molecule has 2 heterocycles. The van der Waals surface area contributed by atoms with Gasteiger partial charge in [0, 0.05) is 23.8 Å². The van der Waals surface area contributed by atoms with Gasteiger partial charge in [-0.1, -0.05) is 22.0 Å². The molecule has 1 saturated heterocycles. The molecule has 0 radical (unpaired) electrons. The molecule has 1 atom stereocenters. The first-order valence-corrected chi connectivity index (χ1v) is 6.51. The molecule has 3 heteroatoms. The Labute approximate surface area is 99.8 Å². The minimum atomic E-state index is 0.719. The van der Waals surface area contributed by atoms with E-state index in [1.807, 2.05) is 18.5 Å². The van der Waals surface area contributed by atoms with Crippen LogP contribution in [0.25, 0.3) is 0 Å². The van der Waals surface area contributed by atoms with E-state index >= 15 is 0 Å². The zero-order valence-electron chi connectivity index (χ0n) is 8.90. The normalized spacial score (nSPS) is 23.7. The minimum Gasteiger partial charge on any atom is -0.299 e. The minimum absolute atomic E-state index is 0.719. The fraction of sp³-hybridized carbons (Fsp3) is 0.583. The summed E-state index contributed by atoms with van der Waals surface area (Å²) in [6.07, 6.45) is 7.68. The maximum atomic E-state index is 4.15. The first-order valence-electron chi connectivity index (χ1n) is 5.60. The molecule has 0 aliphatic carbocycles. The number of hydrogen-bond acceptors (Lipinski definition) is 2. The van der Waals surface area contributed by atoms with Crippen molar-refractivity contribution in [2.75, 3.05) is 13.1 Å². The molecular formula is C12H17BrN2. The first kappa shape index (κ1) is 11.1. The summed E-state index contributed by atoms with van der Waals surface area (Å²) in [4.78, 5) is 7.40. The molecule has 1 aliphatic rings. The standard InChI is InChI=1S/C12H17BrN2/c13-12-4-2-7-15(8-5-12)10-11-3-1-6-14-9-11/h1,3,6,9,12H,2,4-5,7-8,10H2. The van der Waals surface area contributed by atoms with Gasteiger partial charge in [-0.3, -0.25) is 9.88 Å². The van der Waals surface area contributed by atoms with E-state index in [1.165, 1.54) is 37.9 Å². The fourth-order valence-electron chi connectivity index (χ4n) is 2.02. The van der Waals surface area contributed by atoms with Crippen LogP contribution < -0.4 is 0 Å². The summed E-state index contributed by atoms with van der Waals surface area (Å²) in [6.45, 7) is 3.47.